The van der Waals surface area contributed by atoms with Crippen molar-refractivity contribution in [1.29, 1.82) is 0 Å². The molecule has 0 atom stereocenters. The van der Waals surface area contributed by atoms with Gasteiger partial charge in [0.05, 0.1) is 5.69 Å². The van der Waals surface area contributed by atoms with E-state index in [1.807, 2.05) is 6.07 Å². The van der Waals surface area contributed by atoms with Crippen molar-refractivity contribution in [3.8, 4) is 5.75 Å². The normalized spacial score (nSPS) is 14.0. The zero-order chi connectivity index (χ0) is 14.5. The van der Waals surface area contributed by atoms with Gasteiger partial charge in [-0.3, -0.25) is 0 Å². The number of fused-ring (bicyclic) bond motifs is 1. The number of hydrogen-bond donors (Lipinski definition) is 1. The molecular weight excluding hydrogens is 264 g/mol. The highest BCUT2D eigenvalue weighted by atomic mass is 16.5. The van der Waals surface area contributed by atoms with E-state index in [1.54, 1.807) is 0 Å². The highest BCUT2D eigenvalue weighted by molar-refractivity contribution is 5.37. The summed E-state index contributed by atoms with van der Waals surface area (Å²) in [6.45, 7) is 4.16. The first-order valence-corrected chi connectivity index (χ1v) is 7.75. The standard InChI is InChI=1S/C17H22N2O2/c1-2-18-11-15-10-17(21-19-15)12-20-16-8-7-13-5-3-4-6-14(13)9-16/h7-10,18H,2-6,11-12H2,1H3. The maximum absolute atomic E-state index is 5.82. The third-order valence-corrected chi connectivity index (χ3v) is 3.86. The molecule has 1 aromatic carbocycles. The molecule has 0 spiro atoms. The van der Waals surface area contributed by atoms with Crippen molar-refractivity contribution in [1.82, 2.24) is 10.5 Å². The number of rotatable bonds is 6. The summed E-state index contributed by atoms with van der Waals surface area (Å²) in [7, 11) is 0. The van der Waals surface area contributed by atoms with E-state index in [9.17, 15) is 0 Å². The van der Waals surface area contributed by atoms with E-state index in [0.29, 0.717) is 6.61 Å². The van der Waals surface area contributed by atoms with Crippen LogP contribution in [-0.4, -0.2) is 11.7 Å². The summed E-state index contributed by atoms with van der Waals surface area (Å²) in [6.07, 6.45) is 4.96. The van der Waals surface area contributed by atoms with Crippen molar-refractivity contribution in [2.24, 2.45) is 0 Å². The molecule has 0 saturated heterocycles. The van der Waals surface area contributed by atoms with E-state index in [0.717, 1.165) is 30.3 Å². The molecule has 1 N–H and O–H groups in total. The topological polar surface area (TPSA) is 47.3 Å². The van der Waals surface area contributed by atoms with Gasteiger partial charge in [0.25, 0.3) is 0 Å². The van der Waals surface area contributed by atoms with E-state index in [1.165, 1.54) is 36.8 Å². The molecule has 0 bridgehead atoms. The second kappa shape index (κ2) is 6.76. The van der Waals surface area contributed by atoms with Crippen LogP contribution in [0.1, 0.15) is 42.3 Å². The van der Waals surface area contributed by atoms with Crippen molar-refractivity contribution < 1.29 is 9.26 Å². The Hall–Kier alpha value is -1.81. The van der Waals surface area contributed by atoms with Gasteiger partial charge in [0.1, 0.15) is 12.4 Å². The first kappa shape index (κ1) is 14.1. The molecule has 112 valence electrons. The van der Waals surface area contributed by atoms with Gasteiger partial charge in [0.15, 0.2) is 5.76 Å². The molecule has 4 heteroatoms. The molecular formula is C17H22N2O2. The number of benzene rings is 1. The summed E-state index contributed by atoms with van der Waals surface area (Å²) in [6, 6.07) is 8.37. The first-order valence-electron chi connectivity index (χ1n) is 7.75. The number of aryl methyl sites for hydroxylation is 2. The van der Waals surface area contributed by atoms with Crippen molar-refractivity contribution in [3.63, 3.8) is 0 Å². The van der Waals surface area contributed by atoms with Crippen LogP contribution in [0.5, 0.6) is 5.75 Å². The Morgan fingerprint density at radius 3 is 2.90 bits per heavy atom. The van der Waals surface area contributed by atoms with E-state index in [2.05, 4.69) is 35.6 Å². The summed E-state index contributed by atoms with van der Waals surface area (Å²) < 4.78 is 11.1. The van der Waals surface area contributed by atoms with Gasteiger partial charge < -0.3 is 14.6 Å². The van der Waals surface area contributed by atoms with Crippen LogP contribution in [0.25, 0.3) is 0 Å². The largest absolute Gasteiger partial charge is 0.486 e. The minimum absolute atomic E-state index is 0.428. The van der Waals surface area contributed by atoms with E-state index in [-0.39, 0.29) is 0 Å². The maximum Gasteiger partial charge on any atom is 0.174 e. The Balaban J connectivity index is 1.58. The Morgan fingerprint density at radius 1 is 1.19 bits per heavy atom. The number of hydrogen-bond acceptors (Lipinski definition) is 4. The molecule has 1 aromatic heterocycles. The number of aromatic nitrogens is 1. The third-order valence-electron chi connectivity index (χ3n) is 3.86. The van der Waals surface area contributed by atoms with Crippen LogP contribution in [0.2, 0.25) is 0 Å². The van der Waals surface area contributed by atoms with E-state index in [4.69, 9.17) is 9.26 Å². The highest BCUT2D eigenvalue weighted by Gasteiger charge is 2.10. The first-order chi connectivity index (χ1) is 10.3. The molecule has 2 aromatic rings. The Labute approximate surface area is 125 Å². The van der Waals surface area contributed by atoms with E-state index < -0.39 is 0 Å². The van der Waals surface area contributed by atoms with E-state index >= 15 is 0 Å². The molecule has 0 aliphatic heterocycles. The molecule has 21 heavy (non-hydrogen) atoms. The van der Waals surface area contributed by atoms with Gasteiger partial charge in [-0.05, 0) is 55.5 Å². The second-order valence-electron chi connectivity index (χ2n) is 5.49. The fourth-order valence-corrected chi connectivity index (χ4v) is 2.71. The quantitative estimate of drug-likeness (QED) is 0.885. The van der Waals surface area contributed by atoms with Crippen LogP contribution < -0.4 is 10.1 Å². The molecule has 0 unspecified atom stereocenters. The van der Waals surface area contributed by atoms with Crippen molar-refractivity contribution in [3.05, 3.63) is 46.8 Å². The highest BCUT2D eigenvalue weighted by Crippen LogP contribution is 2.25. The number of ether oxygens (including phenoxy) is 1. The van der Waals surface area contributed by atoms with Crippen LogP contribution in [0, 0.1) is 0 Å². The molecule has 0 amide bonds. The van der Waals surface area contributed by atoms with Crippen LogP contribution in [0.4, 0.5) is 0 Å². The summed E-state index contributed by atoms with van der Waals surface area (Å²) in [4.78, 5) is 0. The predicted molar refractivity (Wildman–Crippen MR) is 81.3 cm³/mol. The van der Waals surface area contributed by atoms with Gasteiger partial charge in [-0.2, -0.15) is 0 Å². The average molecular weight is 286 g/mol. The van der Waals surface area contributed by atoms with Gasteiger partial charge in [0.2, 0.25) is 0 Å². The van der Waals surface area contributed by atoms with Crippen LogP contribution >= 0.6 is 0 Å². The van der Waals surface area contributed by atoms with Crippen molar-refractivity contribution in [2.45, 2.75) is 45.8 Å². The minimum Gasteiger partial charge on any atom is -0.486 e. The molecule has 4 nitrogen and oxygen atoms in total. The Morgan fingerprint density at radius 2 is 2.05 bits per heavy atom. The Kier molecular flexibility index (Phi) is 4.55. The summed E-state index contributed by atoms with van der Waals surface area (Å²) in [5.41, 5.74) is 3.83. The molecule has 0 radical (unpaired) electrons. The Bertz CT molecular complexity index is 592. The predicted octanol–water partition coefficient (Wildman–Crippen LogP) is 3.24. The molecule has 0 saturated carbocycles. The van der Waals surface area contributed by atoms with Gasteiger partial charge in [-0.15, -0.1) is 0 Å². The number of nitrogens with one attached hydrogen (secondary N) is 1. The lowest BCUT2D eigenvalue weighted by Gasteiger charge is -2.16. The SMILES string of the molecule is CCNCc1cc(COc2ccc3c(c2)CCCC3)on1. The lowest BCUT2D eigenvalue weighted by atomic mass is 9.92. The van der Waals surface area contributed by atoms with Crippen molar-refractivity contribution in [2.75, 3.05) is 6.54 Å². The van der Waals surface area contributed by atoms with Crippen molar-refractivity contribution >= 4 is 0 Å². The molecule has 1 aliphatic carbocycles. The molecule has 0 fully saturated rings. The van der Waals surface area contributed by atoms with Gasteiger partial charge in [-0.1, -0.05) is 18.1 Å². The minimum atomic E-state index is 0.428. The lowest BCUT2D eigenvalue weighted by Crippen LogP contribution is -2.11. The van der Waals surface area contributed by atoms with Crippen LogP contribution in [0.15, 0.2) is 28.8 Å². The average Bonchev–Trinajstić information content (AvgIpc) is 2.98. The summed E-state index contributed by atoms with van der Waals surface area (Å²) in [5, 5.41) is 7.24. The fraction of sp³-hybridized carbons (Fsp3) is 0.471. The lowest BCUT2D eigenvalue weighted by molar-refractivity contribution is 0.248. The van der Waals surface area contributed by atoms with Gasteiger partial charge >= 0.3 is 0 Å². The van der Waals surface area contributed by atoms with Crippen LogP contribution in [0.3, 0.4) is 0 Å². The smallest absolute Gasteiger partial charge is 0.174 e. The summed E-state index contributed by atoms with van der Waals surface area (Å²) >= 11 is 0. The number of nitrogens with zero attached hydrogens (tertiary/aromatic N) is 1. The second-order valence-corrected chi connectivity index (χ2v) is 5.49. The van der Waals surface area contributed by atoms with Crippen LogP contribution in [-0.2, 0) is 26.0 Å². The zero-order valence-electron chi connectivity index (χ0n) is 12.5. The monoisotopic (exact) mass is 286 g/mol. The third kappa shape index (κ3) is 3.64. The van der Waals surface area contributed by atoms with Gasteiger partial charge in [0, 0.05) is 12.6 Å². The summed E-state index contributed by atoms with van der Waals surface area (Å²) in [5.74, 6) is 1.68. The maximum atomic E-state index is 5.82. The molecule has 3 rings (SSSR count). The fourth-order valence-electron chi connectivity index (χ4n) is 2.71. The van der Waals surface area contributed by atoms with Gasteiger partial charge in [-0.25, -0.2) is 0 Å². The zero-order valence-corrected chi connectivity index (χ0v) is 12.5. The molecule has 1 aliphatic rings. The molecule has 1 heterocycles.